The Balaban J connectivity index is 1.56. The van der Waals surface area contributed by atoms with E-state index in [1.807, 2.05) is 24.3 Å². The first-order valence-electron chi connectivity index (χ1n) is 7.15. The Labute approximate surface area is 148 Å². The zero-order chi connectivity index (χ0) is 16.9. The molecule has 0 fully saturated rings. The van der Waals surface area contributed by atoms with Gasteiger partial charge in [-0.2, -0.15) is 0 Å². The normalized spacial score (nSPS) is 10.6. The van der Waals surface area contributed by atoms with Gasteiger partial charge in [0, 0.05) is 16.6 Å². The van der Waals surface area contributed by atoms with Gasteiger partial charge in [0.2, 0.25) is 5.91 Å². The van der Waals surface area contributed by atoms with Crippen molar-refractivity contribution in [3.63, 3.8) is 0 Å². The summed E-state index contributed by atoms with van der Waals surface area (Å²) in [5.41, 5.74) is 2.55. The number of nitrogens with one attached hydrogen (secondary N) is 1. The van der Waals surface area contributed by atoms with Crippen LogP contribution in [0.1, 0.15) is 11.1 Å². The van der Waals surface area contributed by atoms with Crippen molar-refractivity contribution in [1.29, 1.82) is 0 Å². The highest BCUT2D eigenvalue weighted by atomic mass is 35.5. The molecule has 8 heteroatoms. The van der Waals surface area contributed by atoms with Crippen LogP contribution in [-0.2, 0) is 17.8 Å². The van der Waals surface area contributed by atoms with E-state index in [4.69, 9.17) is 23.2 Å². The monoisotopic (exact) mass is 361 g/mol. The standard InChI is InChI=1S/C16H13Cl2N5O/c17-13-4-3-12(15(18)8-13)9-19-16(24)7-11-1-5-14(6-2-11)23-10-20-21-22-23/h1-6,8,10H,7,9H2,(H,19,24). The Morgan fingerprint density at radius 3 is 2.58 bits per heavy atom. The van der Waals surface area contributed by atoms with Crippen molar-refractivity contribution in [2.75, 3.05) is 0 Å². The fourth-order valence-corrected chi connectivity index (χ4v) is 2.63. The van der Waals surface area contributed by atoms with Gasteiger partial charge in [0.25, 0.3) is 0 Å². The van der Waals surface area contributed by atoms with Gasteiger partial charge in [-0.3, -0.25) is 4.79 Å². The SMILES string of the molecule is O=C(Cc1ccc(-n2cnnn2)cc1)NCc1ccc(Cl)cc1Cl. The first-order chi connectivity index (χ1) is 11.6. The van der Waals surface area contributed by atoms with E-state index in [1.165, 1.54) is 6.33 Å². The van der Waals surface area contributed by atoms with Crippen LogP contribution in [0.5, 0.6) is 0 Å². The van der Waals surface area contributed by atoms with Gasteiger partial charge in [-0.25, -0.2) is 4.68 Å². The van der Waals surface area contributed by atoms with Crippen LogP contribution in [0.2, 0.25) is 10.0 Å². The second-order valence-corrected chi connectivity index (χ2v) is 5.95. The summed E-state index contributed by atoms with van der Waals surface area (Å²) in [6, 6.07) is 12.6. The fraction of sp³-hybridized carbons (Fsp3) is 0.125. The van der Waals surface area contributed by atoms with Gasteiger partial charge in [-0.1, -0.05) is 41.4 Å². The van der Waals surface area contributed by atoms with Gasteiger partial charge in [-0.05, 0) is 45.8 Å². The van der Waals surface area contributed by atoms with Crippen molar-refractivity contribution in [3.8, 4) is 5.69 Å². The zero-order valence-electron chi connectivity index (χ0n) is 12.5. The molecule has 6 nitrogen and oxygen atoms in total. The van der Waals surface area contributed by atoms with Gasteiger partial charge < -0.3 is 5.32 Å². The molecule has 1 heterocycles. The average molecular weight is 362 g/mol. The summed E-state index contributed by atoms with van der Waals surface area (Å²) in [4.78, 5) is 12.1. The molecular weight excluding hydrogens is 349 g/mol. The lowest BCUT2D eigenvalue weighted by Crippen LogP contribution is -2.24. The maximum absolute atomic E-state index is 12.1. The molecule has 1 amide bonds. The molecule has 0 aliphatic rings. The Hall–Kier alpha value is -2.44. The van der Waals surface area contributed by atoms with Crippen LogP contribution in [0.3, 0.4) is 0 Å². The molecule has 0 saturated carbocycles. The van der Waals surface area contributed by atoms with E-state index in [0.717, 1.165) is 16.8 Å². The topological polar surface area (TPSA) is 72.7 Å². The molecule has 122 valence electrons. The van der Waals surface area contributed by atoms with E-state index < -0.39 is 0 Å². The number of carbonyl (C=O) groups excluding carboxylic acids is 1. The Bertz CT molecular complexity index is 834. The summed E-state index contributed by atoms with van der Waals surface area (Å²) in [6.45, 7) is 0.359. The molecule has 0 saturated heterocycles. The molecule has 0 bridgehead atoms. The highest BCUT2D eigenvalue weighted by Crippen LogP contribution is 2.20. The number of aromatic nitrogens is 4. The van der Waals surface area contributed by atoms with Crippen molar-refractivity contribution in [3.05, 3.63) is 70.0 Å². The van der Waals surface area contributed by atoms with E-state index in [9.17, 15) is 4.79 Å². The highest BCUT2D eigenvalue weighted by molar-refractivity contribution is 6.35. The second-order valence-electron chi connectivity index (χ2n) is 5.11. The van der Waals surface area contributed by atoms with Crippen molar-refractivity contribution < 1.29 is 4.79 Å². The first-order valence-corrected chi connectivity index (χ1v) is 7.90. The molecule has 3 aromatic rings. The minimum absolute atomic E-state index is 0.0869. The van der Waals surface area contributed by atoms with E-state index in [0.29, 0.717) is 16.6 Å². The number of amides is 1. The summed E-state index contributed by atoms with van der Waals surface area (Å²) in [7, 11) is 0. The van der Waals surface area contributed by atoms with Crippen molar-refractivity contribution >= 4 is 29.1 Å². The van der Waals surface area contributed by atoms with Crippen LogP contribution in [0.4, 0.5) is 0 Å². The van der Waals surface area contributed by atoms with E-state index in [-0.39, 0.29) is 12.3 Å². The maximum Gasteiger partial charge on any atom is 0.224 e. The fourth-order valence-electron chi connectivity index (χ4n) is 2.15. The summed E-state index contributed by atoms with van der Waals surface area (Å²) in [5, 5.41) is 14.9. The number of hydrogen-bond donors (Lipinski definition) is 1. The van der Waals surface area contributed by atoms with Crippen LogP contribution in [0.25, 0.3) is 5.69 Å². The summed E-state index contributed by atoms with van der Waals surface area (Å²) < 4.78 is 1.55. The molecule has 2 aromatic carbocycles. The number of nitrogens with zero attached hydrogens (tertiary/aromatic N) is 4. The molecular formula is C16H13Cl2N5O. The Morgan fingerprint density at radius 1 is 1.12 bits per heavy atom. The minimum atomic E-state index is -0.0869. The molecule has 24 heavy (non-hydrogen) atoms. The summed E-state index contributed by atoms with van der Waals surface area (Å²) >= 11 is 11.9. The van der Waals surface area contributed by atoms with Crippen molar-refractivity contribution in [2.45, 2.75) is 13.0 Å². The lowest BCUT2D eigenvalue weighted by molar-refractivity contribution is -0.120. The molecule has 0 spiro atoms. The number of tetrazole rings is 1. The van der Waals surface area contributed by atoms with Crippen molar-refractivity contribution in [2.24, 2.45) is 0 Å². The van der Waals surface area contributed by atoms with Gasteiger partial charge in [0.05, 0.1) is 12.1 Å². The quantitative estimate of drug-likeness (QED) is 0.758. The van der Waals surface area contributed by atoms with Crippen molar-refractivity contribution in [1.82, 2.24) is 25.5 Å². The van der Waals surface area contributed by atoms with Gasteiger partial charge >= 0.3 is 0 Å². The molecule has 1 aromatic heterocycles. The maximum atomic E-state index is 12.1. The minimum Gasteiger partial charge on any atom is -0.352 e. The first kappa shape index (κ1) is 16.4. The van der Waals surface area contributed by atoms with Gasteiger partial charge in [-0.15, -0.1) is 5.10 Å². The Morgan fingerprint density at radius 2 is 1.92 bits per heavy atom. The van der Waals surface area contributed by atoms with Crippen LogP contribution in [-0.4, -0.2) is 26.1 Å². The molecule has 0 aliphatic carbocycles. The number of halogens is 2. The zero-order valence-corrected chi connectivity index (χ0v) is 14.0. The lowest BCUT2D eigenvalue weighted by atomic mass is 10.1. The highest BCUT2D eigenvalue weighted by Gasteiger charge is 2.06. The number of hydrogen-bond acceptors (Lipinski definition) is 4. The number of carbonyl (C=O) groups is 1. The third-order valence-corrected chi connectivity index (χ3v) is 3.99. The molecule has 0 radical (unpaired) electrons. The largest absolute Gasteiger partial charge is 0.352 e. The predicted molar refractivity (Wildman–Crippen MR) is 91.2 cm³/mol. The molecule has 3 rings (SSSR count). The molecule has 0 unspecified atom stereocenters. The lowest BCUT2D eigenvalue weighted by Gasteiger charge is -2.08. The number of rotatable bonds is 5. The van der Waals surface area contributed by atoms with Gasteiger partial charge in [0.1, 0.15) is 6.33 Å². The van der Waals surface area contributed by atoms with Crippen LogP contribution < -0.4 is 5.32 Å². The summed E-state index contributed by atoms with van der Waals surface area (Å²) in [6.07, 6.45) is 1.79. The summed E-state index contributed by atoms with van der Waals surface area (Å²) in [5.74, 6) is -0.0869. The predicted octanol–water partition coefficient (Wildman–Crippen LogP) is 2.83. The van der Waals surface area contributed by atoms with E-state index in [1.54, 1.807) is 22.9 Å². The smallest absolute Gasteiger partial charge is 0.224 e. The van der Waals surface area contributed by atoms with E-state index in [2.05, 4.69) is 20.8 Å². The Kier molecular flexibility index (Phi) is 5.08. The molecule has 0 atom stereocenters. The third-order valence-electron chi connectivity index (χ3n) is 3.41. The number of benzene rings is 2. The average Bonchev–Trinajstić information content (AvgIpc) is 3.09. The van der Waals surface area contributed by atoms with Gasteiger partial charge in [0.15, 0.2) is 0 Å². The third kappa shape index (κ3) is 4.10. The van der Waals surface area contributed by atoms with Crippen LogP contribution in [0.15, 0.2) is 48.8 Å². The van der Waals surface area contributed by atoms with Crippen LogP contribution >= 0.6 is 23.2 Å². The van der Waals surface area contributed by atoms with Crippen LogP contribution in [0, 0.1) is 0 Å². The second kappa shape index (κ2) is 7.42. The molecule has 1 N–H and O–H groups in total. The molecule has 0 aliphatic heterocycles. The van der Waals surface area contributed by atoms with E-state index >= 15 is 0 Å².